The molecule has 17 heteroatoms. The van der Waals surface area contributed by atoms with Crippen molar-refractivity contribution in [3.63, 3.8) is 0 Å². The lowest BCUT2D eigenvalue weighted by Gasteiger charge is -2.13. The topological polar surface area (TPSA) is 156 Å². The fourth-order valence-electron chi connectivity index (χ4n) is 4.04. The standard InChI is InChI=1S/C20H14ClF2N3O3.C12H6ClF2N3O2/c1-28-15-4-2-12(3-5-15)10-26-11-25-17(19(22)23)18(20(26)27)29-16-7-13(9-24)6-14(21)8-16;13-7-1-6(4-16)2-8(3-7)20-10-9(11(14)15)17-5-18-12(10)19/h2-8,11,19H,10H2,1H3;1-3,5,11H,(H,17,18,19). The monoisotopic (exact) mass is 714 g/mol. The highest BCUT2D eigenvalue weighted by molar-refractivity contribution is 6.31. The van der Waals surface area contributed by atoms with E-state index in [-0.39, 0.29) is 39.2 Å². The molecule has 0 aliphatic heterocycles. The number of aromatic nitrogens is 4. The predicted octanol–water partition coefficient (Wildman–Crippen LogP) is 7.58. The van der Waals surface area contributed by atoms with E-state index in [4.69, 9.17) is 47.9 Å². The summed E-state index contributed by atoms with van der Waals surface area (Å²) in [5, 5.41) is 18.2. The fraction of sp³-hybridized carbons (Fsp3) is 0.125. The van der Waals surface area contributed by atoms with Gasteiger partial charge in [0, 0.05) is 10.0 Å². The minimum absolute atomic E-state index is 0.00514. The summed E-state index contributed by atoms with van der Waals surface area (Å²) >= 11 is 11.7. The lowest BCUT2D eigenvalue weighted by molar-refractivity contribution is 0.141. The Hall–Kier alpha value is -5.90. The second-order valence-corrected chi connectivity index (χ2v) is 10.4. The molecule has 0 saturated heterocycles. The van der Waals surface area contributed by atoms with Crippen molar-refractivity contribution in [1.29, 1.82) is 10.5 Å². The maximum Gasteiger partial charge on any atom is 0.297 e. The number of hydrogen-bond donors (Lipinski definition) is 1. The first-order valence-electron chi connectivity index (χ1n) is 13.6. The molecule has 1 N–H and O–H groups in total. The van der Waals surface area contributed by atoms with Crippen LogP contribution in [0.15, 0.2) is 82.9 Å². The average Bonchev–Trinajstić information content (AvgIpc) is 3.07. The van der Waals surface area contributed by atoms with Crippen LogP contribution >= 0.6 is 23.2 Å². The number of alkyl halides is 4. The molecule has 3 aromatic carbocycles. The molecule has 2 aromatic heterocycles. The second kappa shape index (κ2) is 16.3. The van der Waals surface area contributed by atoms with Gasteiger partial charge in [0.25, 0.3) is 24.0 Å². The van der Waals surface area contributed by atoms with Crippen molar-refractivity contribution in [2.45, 2.75) is 19.4 Å². The lowest BCUT2D eigenvalue weighted by Crippen LogP contribution is -2.24. The highest BCUT2D eigenvalue weighted by Gasteiger charge is 2.23. The molecule has 5 rings (SSSR count). The molecule has 2 heterocycles. The number of hydrogen-bond acceptors (Lipinski definition) is 9. The maximum absolute atomic E-state index is 13.4. The van der Waals surface area contributed by atoms with Gasteiger partial charge in [-0.3, -0.25) is 14.2 Å². The van der Waals surface area contributed by atoms with E-state index >= 15 is 0 Å². The number of nitrogens with zero attached hydrogens (tertiary/aromatic N) is 5. The van der Waals surface area contributed by atoms with Crippen molar-refractivity contribution in [2.24, 2.45) is 0 Å². The van der Waals surface area contributed by atoms with Crippen LogP contribution in [0.5, 0.6) is 28.7 Å². The van der Waals surface area contributed by atoms with Crippen LogP contribution < -0.4 is 25.3 Å². The Morgan fingerprint density at radius 3 is 1.84 bits per heavy atom. The lowest BCUT2D eigenvalue weighted by atomic mass is 10.2. The third-order valence-corrected chi connectivity index (χ3v) is 6.66. The number of halogens is 6. The van der Waals surface area contributed by atoms with Gasteiger partial charge in [-0.05, 0) is 54.1 Å². The SMILES string of the molecule is COc1ccc(Cn2cnc(C(F)F)c(Oc3cc(Cl)cc(C#N)c3)c2=O)cc1.N#Cc1cc(Cl)cc(Oc2c(C(F)F)nc[nH]c2=O)c1. The van der Waals surface area contributed by atoms with Crippen molar-refractivity contribution < 1.29 is 31.8 Å². The summed E-state index contributed by atoms with van der Waals surface area (Å²) < 4.78 is 69.1. The van der Waals surface area contributed by atoms with Gasteiger partial charge in [-0.15, -0.1) is 0 Å². The van der Waals surface area contributed by atoms with Crippen LogP contribution in [-0.4, -0.2) is 26.6 Å². The summed E-state index contributed by atoms with van der Waals surface area (Å²) in [6, 6.07) is 18.6. The Morgan fingerprint density at radius 1 is 0.796 bits per heavy atom. The summed E-state index contributed by atoms with van der Waals surface area (Å²) in [5.74, 6) is -0.632. The third-order valence-electron chi connectivity index (χ3n) is 6.23. The Kier molecular flexibility index (Phi) is 11.9. The quantitative estimate of drug-likeness (QED) is 0.152. The zero-order valence-corrected chi connectivity index (χ0v) is 26.3. The van der Waals surface area contributed by atoms with Crippen molar-refractivity contribution >= 4 is 23.2 Å². The van der Waals surface area contributed by atoms with E-state index in [9.17, 15) is 27.2 Å². The smallest absolute Gasteiger partial charge is 0.297 e. The Labute approximate surface area is 284 Å². The predicted molar refractivity (Wildman–Crippen MR) is 168 cm³/mol. The first kappa shape index (κ1) is 35.9. The van der Waals surface area contributed by atoms with Crippen LogP contribution in [-0.2, 0) is 6.54 Å². The van der Waals surface area contributed by atoms with Crippen molar-refractivity contribution in [1.82, 2.24) is 19.5 Å². The van der Waals surface area contributed by atoms with Gasteiger partial charge in [0.1, 0.15) is 17.2 Å². The van der Waals surface area contributed by atoms with E-state index in [1.807, 2.05) is 12.1 Å². The van der Waals surface area contributed by atoms with E-state index in [2.05, 4.69) is 15.0 Å². The molecule has 0 atom stereocenters. The number of benzene rings is 3. The summed E-state index contributed by atoms with van der Waals surface area (Å²) in [6.45, 7) is 0.0920. The molecular weight excluding hydrogens is 695 g/mol. The Bertz CT molecular complexity index is 2170. The Morgan fingerprint density at radius 2 is 1.33 bits per heavy atom. The second-order valence-electron chi connectivity index (χ2n) is 9.57. The average molecular weight is 715 g/mol. The first-order chi connectivity index (χ1) is 23.4. The summed E-state index contributed by atoms with van der Waals surface area (Å²) in [5.41, 5.74) is -2.15. The largest absolute Gasteiger partial charge is 0.497 e. The van der Waals surface area contributed by atoms with Gasteiger partial charge in [-0.25, -0.2) is 27.5 Å². The number of aromatic amines is 1. The Balaban J connectivity index is 0.000000237. The number of nitrogens with one attached hydrogen (secondary N) is 1. The van der Waals surface area contributed by atoms with Crippen molar-refractivity contribution in [2.75, 3.05) is 7.11 Å². The van der Waals surface area contributed by atoms with E-state index in [1.54, 1.807) is 24.3 Å². The van der Waals surface area contributed by atoms with E-state index in [1.165, 1.54) is 43.5 Å². The molecule has 11 nitrogen and oxygen atoms in total. The highest BCUT2D eigenvalue weighted by atomic mass is 35.5. The summed E-state index contributed by atoms with van der Waals surface area (Å²) in [6.07, 6.45) is -4.10. The molecule has 0 saturated carbocycles. The maximum atomic E-state index is 13.4. The molecular formula is C32H20Cl2F4N6O5. The van der Waals surface area contributed by atoms with Crippen LogP contribution in [0.1, 0.15) is 40.9 Å². The molecule has 0 aliphatic rings. The molecule has 0 radical (unpaired) electrons. The molecule has 0 amide bonds. The van der Waals surface area contributed by atoms with Crippen LogP contribution in [0.2, 0.25) is 10.0 Å². The normalized spacial score (nSPS) is 10.5. The molecule has 5 aromatic rings. The fourth-order valence-corrected chi connectivity index (χ4v) is 4.49. The highest BCUT2D eigenvalue weighted by Crippen LogP contribution is 2.31. The van der Waals surface area contributed by atoms with Gasteiger partial charge < -0.3 is 19.2 Å². The van der Waals surface area contributed by atoms with Gasteiger partial charge >= 0.3 is 0 Å². The number of methoxy groups -OCH3 is 1. The van der Waals surface area contributed by atoms with Crippen molar-refractivity contribution in [3.8, 4) is 40.9 Å². The molecule has 0 spiro atoms. The minimum atomic E-state index is -3.03. The van der Waals surface area contributed by atoms with Gasteiger partial charge in [0.05, 0.1) is 49.6 Å². The van der Waals surface area contributed by atoms with Gasteiger partial charge in [0.15, 0.2) is 11.4 Å². The zero-order chi connectivity index (χ0) is 35.7. The van der Waals surface area contributed by atoms with Gasteiger partial charge in [-0.1, -0.05) is 35.3 Å². The molecule has 0 aliphatic carbocycles. The molecule has 0 unspecified atom stereocenters. The number of ether oxygens (including phenoxy) is 3. The van der Waals surface area contributed by atoms with Crippen LogP contribution in [0.4, 0.5) is 17.6 Å². The van der Waals surface area contributed by atoms with Crippen LogP contribution in [0.3, 0.4) is 0 Å². The minimum Gasteiger partial charge on any atom is -0.497 e. The zero-order valence-electron chi connectivity index (χ0n) is 24.8. The number of nitriles is 2. The number of H-pyrrole nitrogens is 1. The number of rotatable bonds is 9. The van der Waals surface area contributed by atoms with Gasteiger partial charge in [0.2, 0.25) is 11.5 Å². The molecule has 0 fully saturated rings. The third kappa shape index (κ3) is 9.35. The van der Waals surface area contributed by atoms with Gasteiger partial charge in [-0.2, -0.15) is 10.5 Å². The first-order valence-corrected chi connectivity index (χ1v) is 14.3. The molecule has 250 valence electrons. The van der Waals surface area contributed by atoms with E-state index in [0.717, 1.165) is 22.8 Å². The summed E-state index contributed by atoms with van der Waals surface area (Å²) in [7, 11) is 1.53. The van der Waals surface area contributed by atoms with Crippen molar-refractivity contribution in [3.05, 3.63) is 132 Å². The van der Waals surface area contributed by atoms with E-state index in [0.29, 0.717) is 5.75 Å². The molecule has 49 heavy (non-hydrogen) atoms. The van der Waals surface area contributed by atoms with Crippen LogP contribution in [0.25, 0.3) is 0 Å². The molecule has 0 bridgehead atoms. The van der Waals surface area contributed by atoms with Crippen LogP contribution in [0, 0.1) is 22.7 Å². The summed E-state index contributed by atoms with van der Waals surface area (Å²) in [4.78, 5) is 33.5. The van der Waals surface area contributed by atoms with E-state index < -0.39 is 46.9 Å².